The number of nitrogens with zero attached hydrogens (tertiary/aromatic N) is 1. The quantitative estimate of drug-likeness (QED) is 0.799. The molecule has 0 spiro atoms. The van der Waals surface area contributed by atoms with Gasteiger partial charge in [0.15, 0.2) is 0 Å². The summed E-state index contributed by atoms with van der Waals surface area (Å²) in [6, 6.07) is -0.108. The van der Waals surface area contributed by atoms with Crippen molar-refractivity contribution in [3.8, 4) is 0 Å². The molecule has 19 heavy (non-hydrogen) atoms. The summed E-state index contributed by atoms with van der Waals surface area (Å²) in [6.07, 6.45) is 3.84. The number of hydrogen-bond acceptors (Lipinski definition) is 3. The predicted molar refractivity (Wildman–Crippen MR) is 75.1 cm³/mol. The fourth-order valence-corrected chi connectivity index (χ4v) is 2.33. The monoisotopic (exact) mass is 272 g/mol. The summed E-state index contributed by atoms with van der Waals surface area (Å²) < 4.78 is 5.26. The summed E-state index contributed by atoms with van der Waals surface area (Å²) in [4.78, 5) is 13.6. The predicted octanol–water partition coefficient (Wildman–Crippen LogP) is 1.60. The van der Waals surface area contributed by atoms with E-state index in [1.165, 1.54) is 0 Å². The van der Waals surface area contributed by atoms with Crippen LogP contribution >= 0.6 is 0 Å². The summed E-state index contributed by atoms with van der Waals surface area (Å²) >= 11 is 0. The number of carbonyl (C=O) groups excluding carboxylic acids is 1. The van der Waals surface area contributed by atoms with Crippen molar-refractivity contribution in [3.05, 3.63) is 0 Å². The van der Waals surface area contributed by atoms with Crippen LogP contribution in [-0.4, -0.2) is 55.0 Å². The molecule has 1 aliphatic rings. The highest BCUT2D eigenvalue weighted by Crippen LogP contribution is 2.24. The normalized spacial score (nSPS) is 24.1. The van der Waals surface area contributed by atoms with Gasteiger partial charge in [-0.15, -0.1) is 0 Å². The van der Waals surface area contributed by atoms with Crippen molar-refractivity contribution < 1.29 is 14.6 Å². The van der Waals surface area contributed by atoms with Gasteiger partial charge in [-0.1, -0.05) is 12.8 Å². The highest BCUT2D eigenvalue weighted by atomic mass is 16.5. The van der Waals surface area contributed by atoms with Crippen LogP contribution in [0.2, 0.25) is 0 Å². The van der Waals surface area contributed by atoms with E-state index in [4.69, 9.17) is 4.74 Å². The van der Waals surface area contributed by atoms with E-state index >= 15 is 0 Å². The third-order valence-corrected chi connectivity index (χ3v) is 3.94. The fourth-order valence-electron chi connectivity index (χ4n) is 2.33. The second-order valence-corrected chi connectivity index (χ2v) is 6.11. The average Bonchev–Trinajstić information content (AvgIpc) is 2.38. The van der Waals surface area contributed by atoms with Crippen LogP contribution < -0.4 is 5.32 Å². The Morgan fingerprint density at radius 3 is 2.63 bits per heavy atom. The van der Waals surface area contributed by atoms with Crippen LogP contribution in [0.4, 0.5) is 4.79 Å². The van der Waals surface area contributed by atoms with Gasteiger partial charge in [0.25, 0.3) is 0 Å². The number of aliphatic hydroxyl groups excluding tert-OH is 1. The molecule has 0 bridgehead atoms. The van der Waals surface area contributed by atoms with Gasteiger partial charge in [-0.3, -0.25) is 0 Å². The SMILES string of the molecule is COC(C)(C)CNC(=O)N(C)C[C@@H]1CCCC[C@H]1O. The van der Waals surface area contributed by atoms with Crippen LogP contribution in [0, 0.1) is 5.92 Å². The molecule has 0 aromatic carbocycles. The summed E-state index contributed by atoms with van der Waals surface area (Å²) in [5, 5.41) is 12.8. The van der Waals surface area contributed by atoms with Crippen LogP contribution in [0.5, 0.6) is 0 Å². The van der Waals surface area contributed by atoms with Crippen LogP contribution in [0.3, 0.4) is 0 Å². The van der Waals surface area contributed by atoms with Gasteiger partial charge >= 0.3 is 6.03 Å². The summed E-state index contributed by atoms with van der Waals surface area (Å²) in [7, 11) is 3.41. The Bertz CT molecular complexity index is 294. The first-order valence-electron chi connectivity index (χ1n) is 7.08. The third-order valence-electron chi connectivity index (χ3n) is 3.94. The van der Waals surface area contributed by atoms with Crippen molar-refractivity contribution in [2.75, 3.05) is 27.2 Å². The maximum atomic E-state index is 12.0. The van der Waals surface area contributed by atoms with Crippen molar-refractivity contribution in [1.29, 1.82) is 0 Å². The van der Waals surface area contributed by atoms with E-state index in [2.05, 4.69) is 5.32 Å². The van der Waals surface area contributed by atoms with E-state index in [0.29, 0.717) is 13.1 Å². The first kappa shape index (κ1) is 16.2. The molecule has 2 atom stereocenters. The van der Waals surface area contributed by atoms with Crippen molar-refractivity contribution in [2.45, 2.75) is 51.2 Å². The molecule has 1 aliphatic carbocycles. The molecule has 1 fully saturated rings. The highest BCUT2D eigenvalue weighted by Gasteiger charge is 2.26. The highest BCUT2D eigenvalue weighted by molar-refractivity contribution is 5.73. The number of carbonyl (C=O) groups is 1. The zero-order chi connectivity index (χ0) is 14.5. The van der Waals surface area contributed by atoms with Crippen LogP contribution in [0.25, 0.3) is 0 Å². The largest absolute Gasteiger partial charge is 0.393 e. The van der Waals surface area contributed by atoms with Gasteiger partial charge in [0.2, 0.25) is 0 Å². The first-order chi connectivity index (χ1) is 8.85. The van der Waals surface area contributed by atoms with Crippen molar-refractivity contribution in [3.63, 3.8) is 0 Å². The van der Waals surface area contributed by atoms with Gasteiger partial charge in [-0.05, 0) is 26.7 Å². The maximum absolute atomic E-state index is 12.0. The average molecular weight is 272 g/mol. The van der Waals surface area contributed by atoms with E-state index < -0.39 is 0 Å². The van der Waals surface area contributed by atoms with Gasteiger partial charge in [0.1, 0.15) is 0 Å². The van der Waals surface area contributed by atoms with Gasteiger partial charge in [0, 0.05) is 33.2 Å². The molecule has 0 radical (unpaired) electrons. The van der Waals surface area contributed by atoms with Crippen molar-refractivity contribution in [2.24, 2.45) is 5.92 Å². The zero-order valence-corrected chi connectivity index (χ0v) is 12.6. The Morgan fingerprint density at radius 2 is 2.05 bits per heavy atom. The molecule has 0 aliphatic heterocycles. The van der Waals surface area contributed by atoms with E-state index in [1.54, 1.807) is 19.1 Å². The number of rotatable bonds is 5. The van der Waals surface area contributed by atoms with E-state index in [-0.39, 0.29) is 23.7 Å². The standard InChI is InChI=1S/C14H28N2O3/c1-14(2,19-4)10-15-13(18)16(3)9-11-7-5-6-8-12(11)17/h11-12,17H,5-10H2,1-4H3,(H,15,18)/t11-,12+/m0/s1. The number of aliphatic hydroxyl groups is 1. The number of urea groups is 1. The zero-order valence-electron chi connectivity index (χ0n) is 12.6. The minimum Gasteiger partial charge on any atom is -0.393 e. The summed E-state index contributed by atoms with van der Waals surface area (Å²) in [6.45, 7) is 4.94. The number of nitrogens with one attached hydrogen (secondary N) is 1. The lowest BCUT2D eigenvalue weighted by atomic mass is 9.86. The molecule has 0 unspecified atom stereocenters. The number of ether oxygens (including phenoxy) is 1. The van der Waals surface area contributed by atoms with Gasteiger partial charge in [-0.25, -0.2) is 4.79 Å². The van der Waals surface area contributed by atoms with Gasteiger partial charge in [0.05, 0.1) is 11.7 Å². The lowest BCUT2D eigenvalue weighted by molar-refractivity contribution is 0.0234. The first-order valence-corrected chi connectivity index (χ1v) is 7.08. The molecule has 1 saturated carbocycles. The summed E-state index contributed by atoms with van der Waals surface area (Å²) in [5.41, 5.74) is -0.360. The molecule has 0 aromatic rings. The minimum absolute atomic E-state index is 0.108. The molecule has 5 heteroatoms. The third kappa shape index (κ3) is 5.37. The second-order valence-electron chi connectivity index (χ2n) is 6.11. The molecule has 0 aromatic heterocycles. The second kappa shape index (κ2) is 7.10. The summed E-state index contributed by atoms with van der Waals surface area (Å²) in [5.74, 6) is 0.208. The van der Waals surface area contributed by atoms with E-state index in [9.17, 15) is 9.90 Å². The Hall–Kier alpha value is -0.810. The fraction of sp³-hybridized carbons (Fsp3) is 0.929. The molecule has 2 amide bonds. The molecule has 1 rings (SSSR count). The Labute approximate surface area is 116 Å². The molecular weight excluding hydrogens is 244 g/mol. The van der Waals surface area contributed by atoms with Gasteiger partial charge in [-0.2, -0.15) is 0 Å². The van der Waals surface area contributed by atoms with E-state index in [1.807, 2.05) is 13.8 Å². The topological polar surface area (TPSA) is 61.8 Å². The van der Waals surface area contributed by atoms with Crippen LogP contribution in [-0.2, 0) is 4.74 Å². The lowest BCUT2D eigenvalue weighted by Crippen LogP contribution is -2.47. The molecule has 5 nitrogen and oxygen atoms in total. The van der Waals surface area contributed by atoms with Crippen LogP contribution in [0.1, 0.15) is 39.5 Å². The minimum atomic E-state index is -0.360. The smallest absolute Gasteiger partial charge is 0.317 e. The Kier molecular flexibility index (Phi) is 6.07. The molecule has 2 N–H and O–H groups in total. The van der Waals surface area contributed by atoms with E-state index in [0.717, 1.165) is 25.7 Å². The van der Waals surface area contributed by atoms with Crippen molar-refractivity contribution >= 4 is 6.03 Å². The lowest BCUT2D eigenvalue weighted by Gasteiger charge is -2.32. The van der Waals surface area contributed by atoms with Gasteiger partial charge < -0.3 is 20.1 Å². The number of hydrogen-bond donors (Lipinski definition) is 2. The maximum Gasteiger partial charge on any atom is 0.317 e. The Morgan fingerprint density at radius 1 is 1.42 bits per heavy atom. The van der Waals surface area contributed by atoms with Crippen molar-refractivity contribution in [1.82, 2.24) is 10.2 Å². The number of amides is 2. The Balaban J connectivity index is 2.35. The number of methoxy groups -OCH3 is 1. The molecule has 112 valence electrons. The van der Waals surface area contributed by atoms with Crippen LogP contribution in [0.15, 0.2) is 0 Å². The molecule has 0 saturated heterocycles. The molecule has 0 heterocycles. The molecular formula is C14H28N2O3.